The SMILES string of the molecule is C=C/C=C(\C=C)CN(C)C(C)C(=O)c1ccc2c(c1)OCO2. The summed E-state index contributed by atoms with van der Waals surface area (Å²) < 4.78 is 10.6. The molecule has 1 aromatic carbocycles. The molecular formula is C18H21NO3. The minimum absolute atomic E-state index is 0.0443. The highest BCUT2D eigenvalue weighted by Crippen LogP contribution is 2.32. The van der Waals surface area contributed by atoms with Gasteiger partial charge < -0.3 is 9.47 Å². The van der Waals surface area contributed by atoms with Gasteiger partial charge in [0.15, 0.2) is 17.3 Å². The Hall–Kier alpha value is -2.33. The minimum atomic E-state index is -0.256. The van der Waals surface area contributed by atoms with Crippen LogP contribution in [-0.4, -0.2) is 37.1 Å². The third-order valence-corrected chi connectivity index (χ3v) is 3.72. The lowest BCUT2D eigenvalue weighted by atomic mass is 10.0. The van der Waals surface area contributed by atoms with Gasteiger partial charge in [-0.3, -0.25) is 9.69 Å². The van der Waals surface area contributed by atoms with Crippen LogP contribution in [0.25, 0.3) is 0 Å². The molecule has 2 rings (SSSR count). The van der Waals surface area contributed by atoms with Gasteiger partial charge >= 0.3 is 0 Å². The summed E-state index contributed by atoms with van der Waals surface area (Å²) in [5, 5.41) is 0. The summed E-state index contributed by atoms with van der Waals surface area (Å²) in [4.78, 5) is 14.6. The molecule has 0 saturated carbocycles. The summed E-state index contributed by atoms with van der Waals surface area (Å²) >= 11 is 0. The van der Waals surface area contributed by atoms with Crippen LogP contribution in [-0.2, 0) is 0 Å². The van der Waals surface area contributed by atoms with Crippen molar-refractivity contribution in [1.82, 2.24) is 4.90 Å². The van der Waals surface area contributed by atoms with Gasteiger partial charge in [-0.1, -0.05) is 31.4 Å². The van der Waals surface area contributed by atoms with Crippen LogP contribution in [0.3, 0.4) is 0 Å². The number of ether oxygens (including phenoxy) is 2. The first-order valence-corrected chi connectivity index (χ1v) is 7.15. The predicted octanol–water partition coefficient (Wildman–Crippen LogP) is 3.22. The Morgan fingerprint density at radius 1 is 1.36 bits per heavy atom. The maximum absolute atomic E-state index is 12.6. The largest absolute Gasteiger partial charge is 0.454 e. The Kier molecular flexibility index (Phi) is 5.17. The number of Topliss-reactive ketones (excluding diaryl/α,β-unsaturated/α-hetero) is 1. The molecule has 1 atom stereocenters. The van der Waals surface area contributed by atoms with Gasteiger partial charge in [0.05, 0.1) is 6.04 Å². The number of ketones is 1. The highest BCUT2D eigenvalue weighted by Gasteiger charge is 2.22. The molecule has 0 saturated heterocycles. The summed E-state index contributed by atoms with van der Waals surface area (Å²) in [6, 6.07) is 5.03. The second-order valence-corrected chi connectivity index (χ2v) is 5.20. The van der Waals surface area contributed by atoms with Crippen LogP contribution >= 0.6 is 0 Å². The Balaban J connectivity index is 2.09. The van der Waals surface area contributed by atoms with Crippen LogP contribution in [0, 0.1) is 0 Å². The first-order chi connectivity index (χ1) is 10.6. The third-order valence-electron chi connectivity index (χ3n) is 3.72. The quantitative estimate of drug-likeness (QED) is 0.572. The van der Waals surface area contributed by atoms with E-state index >= 15 is 0 Å². The van der Waals surface area contributed by atoms with Crippen molar-refractivity contribution in [3.8, 4) is 11.5 Å². The Labute approximate surface area is 131 Å². The number of rotatable bonds is 7. The summed E-state index contributed by atoms with van der Waals surface area (Å²) in [6.07, 6.45) is 5.38. The van der Waals surface area contributed by atoms with Crippen LogP contribution in [0.2, 0.25) is 0 Å². The van der Waals surface area contributed by atoms with Crippen LogP contribution in [0.15, 0.2) is 55.2 Å². The van der Waals surface area contributed by atoms with Crippen molar-refractivity contribution in [2.75, 3.05) is 20.4 Å². The van der Waals surface area contributed by atoms with E-state index in [9.17, 15) is 4.79 Å². The number of benzene rings is 1. The van der Waals surface area contributed by atoms with Crippen LogP contribution in [0.4, 0.5) is 0 Å². The van der Waals surface area contributed by atoms with E-state index in [-0.39, 0.29) is 18.6 Å². The second-order valence-electron chi connectivity index (χ2n) is 5.20. The zero-order chi connectivity index (χ0) is 16.1. The lowest BCUT2D eigenvalue weighted by molar-refractivity contribution is 0.0877. The van der Waals surface area contributed by atoms with Crippen molar-refractivity contribution in [1.29, 1.82) is 0 Å². The summed E-state index contributed by atoms with van der Waals surface area (Å²) in [5.41, 5.74) is 1.64. The number of hydrogen-bond donors (Lipinski definition) is 0. The summed E-state index contributed by atoms with van der Waals surface area (Å²) in [5.74, 6) is 1.35. The van der Waals surface area contributed by atoms with E-state index in [2.05, 4.69) is 13.2 Å². The fraction of sp³-hybridized carbons (Fsp3) is 0.278. The molecule has 22 heavy (non-hydrogen) atoms. The molecule has 0 amide bonds. The van der Waals surface area contributed by atoms with Crippen molar-refractivity contribution in [3.05, 3.63) is 60.7 Å². The molecule has 4 nitrogen and oxygen atoms in total. The molecule has 0 spiro atoms. The molecule has 1 heterocycles. The van der Waals surface area contributed by atoms with Crippen LogP contribution in [0.1, 0.15) is 17.3 Å². The smallest absolute Gasteiger partial charge is 0.231 e. The molecule has 4 heteroatoms. The average molecular weight is 299 g/mol. The van der Waals surface area contributed by atoms with Crippen LogP contribution < -0.4 is 9.47 Å². The van der Waals surface area contributed by atoms with Gasteiger partial charge in [-0.05, 0) is 37.7 Å². The summed E-state index contributed by atoms with van der Waals surface area (Å²) in [6.45, 7) is 10.2. The molecule has 1 aliphatic heterocycles. The van der Waals surface area contributed by atoms with Crippen LogP contribution in [0.5, 0.6) is 11.5 Å². The van der Waals surface area contributed by atoms with Gasteiger partial charge in [0.2, 0.25) is 6.79 Å². The molecular weight excluding hydrogens is 278 g/mol. The van der Waals surface area contributed by atoms with Gasteiger partial charge in [0, 0.05) is 12.1 Å². The topological polar surface area (TPSA) is 38.8 Å². The molecule has 0 N–H and O–H groups in total. The standard InChI is InChI=1S/C18H21NO3/c1-5-7-14(6-2)11-19(4)13(3)18(20)15-8-9-16-17(10-15)22-12-21-16/h5-10,13H,1-2,11-12H2,3-4H3/b14-7+. The highest BCUT2D eigenvalue weighted by atomic mass is 16.7. The molecule has 0 aromatic heterocycles. The first-order valence-electron chi connectivity index (χ1n) is 7.15. The van der Waals surface area contributed by atoms with E-state index in [0.29, 0.717) is 23.6 Å². The Morgan fingerprint density at radius 2 is 2.09 bits per heavy atom. The first kappa shape index (κ1) is 16.0. The monoisotopic (exact) mass is 299 g/mol. The van der Waals surface area contributed by atoms with Gasteiger partial charge in [-0.25, -0.2) is 0 Å². The number of hydrogen-bond acceptors (Lipinski definition) is 4. The number of fused-ring (bicyclic) bond motifs is 1. The highest BCUT2D eigenvalue weighted by molar-refractivity contribution is 6.00. The fourth-order valence-electron chi connectivity index (χ4n) is 2.25. The van der Waals surface area contributed by atoms with Crippen molar-refractivity contribution in [2.24, 2.45) is 0 Å². The van der Waals surface area contributed by atoms with Gasteiger partial charge in [-0.2, -0.15) is 0 Å². The predicted molar refractivity (Wildman–Crippen MR) is 87.5 cm³/mol. The number of carbonyl (C=O) groups is 1. The lowest BCUT2D eigenvalue weighted by Crippen LogP contribution is -2.37. The van der Waals surface area contributed by atoms with E-state index < -0.39 is 0 Å². The third kappa shape index (κ3) is 3.46. The van der Waals surface area contributed by atoms with E-state index in [1.807, 2.05) is 24.9 Å². The molecule has 0 aliphatic carbocycles. The number of nitrogens with zero attached hydrogens (tertiary/aromatic N) is 1. The molecule has 116 valence electrons. The number of allylic oxidation sites excluding steroid dienone is 2. The van der Waals surface area contributed by atoms with Gasteiger partial charge in [0.1, 0.15) is 0 Å². The van der Waals surface area contributed by atoms with E-state index in [1.165, 1.54) is 0 Å². The van der Waals surface area contributed by atoms with Crippen molar-refractivity contribution < 1.29 is 14.3 Å². The lowest BCUT2D eigenvalue weighted by Gasteiger charge is -2.24. The molecule has 0 bridgehead atoms. The Morgan fingerprint density at radius 3 is 2.77 bits per heavy atom. The second kappa shape index (κ2) is 7.09. The van der Waals surface area contributed by atoms with Crippen molar-refractivity contribution in [2.45, 2.75) is 13.0 Å². The van der Waals surface area contributed by atoms with Gasteiger partial charge in [0.25, 0.3) is 0 Å². The molecule has 1 aliphatic rings. The van der Waals surface area contributed by atoms with E-state index in [1.54, 1.807) is 30.4 Å². The van der Waals surface area contributed by atoms with E-state index in [0.717, 1.165) is 5.57 Å². The van der Waals surface area contributed by atoms with Crippen molar-refractivity contribution >= 4 is 5.78 Å². The van der Waals surface area contributed by atoms with Crippen molar-refractivity contribution in [3.63, 3.8) is 0 Å². The fourth-order valence-corrected chi connectivity index (χ4v) is 2.25. The zero-order valence-corrected chi connectivity index (χ0v) is 13.0. The maximum atomic E-state index is 12.6. The average Bonchev–Trinajstić information content (AvgIpc) is 3.00. The normalized spacial score (nSPS) is 14.8. The molecule has 1 aromatic rings. The van der Waals surface area contributed by atoms with Gasteiger partial charge in [-0.15, -0.1) is 0 Å². The molecule has 1 unspecified atom stereocenters. The zero-order valence-electron chi connectivity index (χ0n) is 13.0. The minimum Gasteiger partial charge on any atom is -0.454 e. The van der Waals surface area contributed by atoms with E-state index in [4.69, 9.17) is 9.47 Å². The number of carbonyl (C=O) groups excluding carboxylic acids is 1. The summed E-state index contributed by atoms with van der Waals surface area (Å²) in [7, 11) is 1.91. The molecule has 0 radical (unpaired) electrons. The maximum Gasteiger partial charge on any atom is 0.231 e. The Bertz CT molecular complexity index is 619. The number of likely N-dealkylation sites (N-methyl/N-ethyl adjacent to an activating group) is 1. The molecule has 0 fully saturated rings.